The molecule has 46 heavy (non-hydrogen) atoms. The number of amides is 2. The third-order valence-electron chi connectivity index (χ3n) is 7.74. The number of nitrogens with one attached hydrogen (secondary N) is 2. The molecule has 6 aromatic rings. The maximum Gasteiger partial charge on any atom is 0.416 e. The molecule has 230 valence electrons. The average molecular weight is 623 g/mol. The minimum Gasteiger partial charge on any atom is -0.424 e. The summed E-state index contributed by atoms with van der Waals surface area (Å²) in [5.74, 6) is 1.01. The van der Waals surface area contributed by atoms with Crippen molar-refractivity contribution in [3.8, 4) is 34.0 Å². The Morgan fingerprint density at radius 1 is 0.891 bits per heavy atom. The first-order valence-electron chi connectivity index (χ1n) is 14.4. The van der Waals surface area contributed by atoms with Crippen molar-refractivity contribution in [2.45, 2.75) is 31.4 Å². The first-order chi connectivity index (χ1) is 22.3. The van der Waals surface area contributed by atoms with Crippen molar-refractivity contribution in [3.63, 3.8) is 0 Å². The second-order valence-electron chi connectivity index (χ2n) is 10.8. The van der Waals surface area contributed by atoms with E-state index in [1.807, 2.05) is 24.4 Å². The van der Waals surface area contributed by atoms with E-state index in [9.17, 15) is 18.0 Å². The number of benzene rings is 2. The fourth-order valence-corrected chi connectivity index (χ4v) is 5.14. The molecule has 7 rings (SSSR count). The standard InChI is InChI=1S/C33H25F3N8O2/c34-33(35,36)23-8-11-26(22-5-2-13-37-16-22)29(15-23)43-31(45)41-24-17-38-32(39-18-24)46-25-9-6-20(7-10-25)27-19-40-44-14-12-28(42-30(27)44)21-3-1-4-21/h2,5-19,21H,1,3-4H2,(H2,41,43,45). The summed E-state index contributed by atoms with van der Waals surface area (Å²) in [6.07, 6.45) is 8.41. The Bertz CT molecular complexity index is 2010. The minimum atomic E-state index is -4.59. The van der Waals surface area contributed by atoms with Crippen LogP contribution < -0.4 is 15.4 Å². The fourth-order valence-electron chi connectivity index (χ4n) is 5.14. The molecule has 1 fully saturated rings. The highest BCUT2D eigenvalue weighted by molar-refractivity contribution is 6.02. The van der Waals surface area contributed by atoms with E-state index >= 15 is 0 Å². The molecule has 1 saturated carbocycles. The van der Waals surface area contributed by atoms with Gasteiger partial charge in [-0.2, -0.15) is 18.3 Å². The Balaban J connectivity index is 1.01. The number of pyridine rings is 1. The van der Waals surface area contributed by atoms with Gasteiger partial charge in [0.15, 0.2) is 5.65 Å². The lowest BCUT2D eigenvalue weighted by Crippen LogP contribution is -2.20. The molecular weight excluding hydrogens is 597 g/mol. The number of aromatic nitrogens is 6. The van der Waals surface area contributed by atoms with Crippen LogP contribution >= 0.6 is 0 Å². The van der Waals surface area contributed by atoms with Crippen molar-refractivity contribution in [1.29, 1.82) is 0 Å². The first kappa shape index (κ1) is 28.9. The van der Waals surface area contributed by atoms with Crippen molar-refractivity contribution < 1.29 is 22.7 Å². The Hall–Kier alpha value is -5.85. The molecule has 2 aromatic carbocycles. The van der Waals surface area contributed by atoms with Crippen LogP contribution in [0.5, 0.6) is 11.8 Å². The van der Waals surface area contributed by atoms with Gasteiger partial charge in [0.05, 0.1) is 35.5 Å². The van der Waals surface area contributed by atoms with Gasteiger partial charge in [-0.15, -0.1) is 0 Å². The van der Waals surface area contributed by atoms with Crippen molar-refractivity contribution in [2.75, 3.05) is 10.6 Å². The van der Waals surface area contributed by atoms with Gasteiger partial charge in [0.1, 0.15) is 5.75 Å². The number of hydrogen-bond acceptors (Lipinski definition) is 7. The molecule has 10 nitrogen and oxygen atoms in total. The van der Waals surface area contributed by atoms with Gasteiger partial charge in [-0.05, 0) is 54.8 Å². The SMILES string of the molecule is O=C(Nc1cnc(Oc2ccc(-c3cnn4ccc(C5CCC5)nc34)cc2)nc1)Nc1cc(C(F)(F)F)ccc1-c1cccnc1. The summed E-state index contributed by atoms with van der Waals surface area (Å²) in [5.41, 5.74) is 3.92. The van der Waals surface area contributed by atoms with Crippen LogP contribution in [0.15, 0.2) is 97.8 Å². The zero-order valence-corrected chi connectivity index (χ0v) is 24.1. The lowest BCUT2D eigenvalue weighted by Gasteiger charge is -2.24. The number of rotatable bonds is 7. The Labute approximate surface area is 260 Å². The summed E-state index contributed by atoms with van der Waals surface area (Å²) in [6, 6.07) is 15.1. The van der Waals surface area contributed by atoms with Crippen molar-refractivity contribution in [2.24, 2.45) is 0 Å². The second kappa shape index (κ2) is 11.9. The molecule has 0 radical (unpaired) electrons. The number of carbonyl (C=O) groups is 1. The van der Waals surface area contributed by atoms with Crippen LogP contribution in [0.3, 0.4) is 0 Å². The molecule has 0 bridgehead atoms. The largest absolute Gasteiger partial charge is 0.424 e. The van der Waals surface area contributed by atoms with Crippen LogP contribution in [0.1, 0.15) is 36.4 Å². The smallest absolute Gasteiger partial charge is 0.416 e. The van der Waals surface area contributed by atoms with Crippen LogP contribution in [-0.4, -0.2) is 35.6 Å². The third kappa shape index (κ3) is 6.07. The summed E-state index contributed by atoms with van der Waals surface area (Å²) in [5, 5.41) is 9.46. The number of fused-ring (bicyclic) bond motifs is 1. The summed E-state index contributed by atoms with van der Waals surface area (Å²) in [4.78, 5) is 29.9. The second-order valence-corrected chi connectivity index (χ2v) is 10.8. The van der Waals surface area contributed by atoms with Gasteiger partial charge < -0.3 is 15.4 Å². The number of nitrogens with zero attached hydrogens (tertiary/aromatic N) is 6. The Morgan fingerprint density at radius 3 is 2.39 bits per heavy atom. The van der Waals surface area contributed by atoms with Crippen molar-refractivity contribution in [3.05, 3.63) is 109 Å². The highest BCUT2D eigenvalue weighted by Gasteiger charge is 2.31. The van der Waals surface area contributed by atoms with Gasteiger partial charge in [-0.1, -0.05) is 30.7 Å². The first-order valence-corrected chi connectivity index (χ1v) is 14.4. The Kier molecular flexibility index (Phi) is 7.48. The van der Waals surface area contributed by atoms with E-state index in [4.69, 9.17) is 9.72 Å². The van der Waals surface area contributed by atoms with Gasteiger partial charge in [-0.25, -0.2) is 24.3 Å². The van der Waals surface area contributed by atoms with E-state index in [2.05, 4.69) is 30.7 Å². The molecule has 4 aromatic heterocycles. The van der Waals surface area contributed by atoms with Gasteiger partial charge in [0, 0.05) is 46.9 Å². The highest BCUT2D eigenvalue weighted by Crippen LogP contribution is 2.37. The fraction of sp³-hybridized carbons (Fsp3) is 0.152. The monoisotopic (exact) mass is 622 g/mol. The molecule has 0 aliphatic heterocycles. The normalized spacial score (nSPS) is 13.3. The predicted molar refractivity (Wildman–Crippen MR) is 164 cm³/mol. The van der Waals surface area contributed by atoms with Crippen LogP contribution in [0.25, 0.3) is 27.9 Å². The average Bonchev–Trinajstić information content (AvgIpc) is 3.45. The summed E-state index contributed by atoms with van der Waals surface area (Å²) in [6.45, 7) is 0. The van der Waals surface area contributed by atoms with E-state index in [-0.39, 0.29) is 17.4 Å². The molecule has 0 saturated heterocycles. The number of urea groups is 1. The lowest BCUT2D eigenvalue weighted by molar-refractivity contribution is -0.137. The number of halogens is 3. The minimum absolute atomic E-state index is 0.0386. The molecule has 1 aliphatic rings. The molecule has 0 unspecified atom stereocenters. The summed E-state index contributed by atoms with van der Waals surface area (Å²) in [7, 11) is 0. The zero-order chi connectivity index (χ0) is 31.7. The number of carbonyl (C=O) groups excluding carboxylic acids is 1. The van der Waals surface area contributed by atoms with Crippen LogP contribution in [-0.2, 0) is 6.18 Å². The van der Waals surface area contributed by atoms with Gasteiger partial charge >= 0.3 is 18.2 Å². The van der Waals surface area contributed by atoms with Crippen molar-refractivity contribution in [1.82, 2.24) is 29.5 Å². The summed E-state index contributed by atoms with van der Waals surface area (Å²) < 4.78 is 47.7. The van der Waals surface area contributed by atoms with E-state index in [0.29, 0.717) is 22.8 Å². The van der Waals surface area contributed by atoms with E-state index in [0.717, 1.165) is 34.6 Å². The quantitative estimate of drug-likeness (QED) is 0.185. The van der Waals surface area contributed by atoms with Gasteiger partial charge in [0.2, 0.25) is 0 Å². The van der Waals surface area contributed by atoms with Crippen LogP contribution in [0, 0.1) is 0 Å². The molecule has 4 heterocycles. The summed E-state index contributed by atoms with van der Waals surface area (Å²) >= 11 is 0. The highest BCUT2D eigenvalue weighted by atomic mass is 19.4. The van der Waals surface area contributed by atoms with Gasteiger partial charge in [0.25, 0.3) is 0 Å². The topological polar surface area (TPSA) is 119 Å². The van der Waals surface area contributed by atoms with Crippen molar-refractivity contribution >= 4 is 23.1 Å². The molecule has 0 atom stereocenters. The third-order valence-corrected chi connectivity index (χ3v) is 7.74. The van der Waals surface area contributed by atoms with Gasteiger partial charge in [-0.3, -0.25) is 4.98 Å². The maximum atomic E-state index is 13.4. The lowest BCUT2D eigenvalue weighted by atomic mass is 9.83. The van der Waals surface area contributed by atoms with Crippen LogP contribution in [0.2, 0.25) is 0 Å². The van der Waals surface area contributed by atoms with Crippen LogP contribution in [0.4, 0.5) is 29.3 Å². The maximum absolute atomic E-state index is 13.4. The molecule has 0 spiro atoms. The van der Waals surface area contributed by atoms with E-state index < -0.39 is 17.8 Å². The number of hydrogen-bond donors (Lipinski definition) is 2. The predicted octanol–water partition coefficient (Wildman–Crippen LogP) is 7.97. The Morgan fingerprint density at radius 2 is 1.70 bits per heavy atom. The zero-order valence-electron chi connectivity index (χ0n) is 24.1. The molecule has 1 aliphatic carbocycles. The molecule has 2 N–H and O–H groups in total. The molecule has 13 heteroatoms. The molecular formula is C33H25F3N8O2. The number of anilines is 2. The number of alkyl halides is 3. The van der Waals surface area contributed by atoms with E-state index in [1.54, 1.807) is 41.2 Å². The number of ether oxygens (including phenoxy) is 1. The van der Waals surface area contributed by atoms with E-state index in [1.165, 1.54) is 43.9 Å². The molecule has 2 amide bonds.